The van der Waals surface area contributed by atoms with E-state index in [1.165, 1.54) is 29.5 Å². The van der Waals surface area contributed by atoms with Crippen LogP contribution in [0.3, 0.4) is 0 Å². The molecule has 0 radical (unpaired) electrons. The van der Waals surface area contributed by atoms with Gasteiger partial charge < -0.3 is 14.8 Å². The summed E-state index contributed by atoms with van der Waals surface area (Å²) in [4.78, 5) is 15.0. The van der Waals surface area contributed by atoms with E-state index in [-0.39, 0.29) is 5.91 Å². The molecule has 1 aliphatic rings. The van der Waals surface area contributed by atoms with Gasteiger partial charge in [0.15, 0.2) is 0 Å². The van der Waals surface area contributed by atoms with Crippen molar-refractivity contribution < 1.29 is 4.79 Å². The van der Waals surface area contributed by atoms with E-state index in [9.17, 15) is 4.79 Å². The standard InChI is InChI=1S/C29H34N4O/c1-22-5-12-27(23(2)21-22)28-13-10-26(33(28)25-8-6-24(7-9-25)15-16-30)11-14-29(34)31-17-20-32-18-3-4-19-32/h5-10,12-13,21H,3-4,11,14-15,17-20H2,1-2H3,(H,31,34). The van der Waals surface area contributed by atoms with E-state index in [1.54, 1.807) is 0 Å². The molecule has 0 saturated carbocycles. The zero-order valence-corrected chi connectivity index (χ0v) is 20.3. The van der Waals surface area contributed by atoms with E-state index in [4.69, 9.17) is 5.26 Å². The van der Waals surface area contributed by atoms with Gasteiger partial charge in [-0.15, -0.1) is 0 Å². The normalized spacial score (nSPS) is 13.7. The number of aryl methyl sites for hydroxylation is 3. The van der Waals surface area contributed by atoms with Gasteiger partial charge in [-0.3, -0.25) is 4.79 Å². The Morgan fingerprint density at radius 1 is 1.03 bits per heavy atom. The number of aromatic nitrogens is 1. The summed E-state index contributed by atoms with van der Waals surface area (Å²) >= 11 is 0. The molecule has 2 aromatic carbocycles. The minimum Gasteiger partial charge on any atom is -0.355 e. The first-order valence-electron chi connectivity index (χ1n) is 12.3. The Bertz CT molecular complexity index is 1160. The first kappa shape index (κ1) is 23.8. The molecule has 1 amide bonds. The van der Waals surface area contributed by atoms with E-state index in [0.29, 0.717) is 25.8 Å². The lowest BCUT2D eigenvalue weighted by atomic mass is 10.0. The Labute approximate surface area is 203 Å². The molecule has 1 saturated heterocycles. The highest BCUT2D eigenvalue weighted by Crippen LogP contribution is 2.30. The third-order valence-electron chi connectivity index (χ3n) is 6.65. The third kappa shape index (κ3) is 5.76. The molecular weight excluding hydrogens is 420 g/mol. The van der Waals surface area contributed by atoms with Crippen molar-refractivity contribution >= 4 is 5.91 Å². The van der Waals surface area contributed by atoms with Gasteiger partial charge in [-0.1, -0.05) is 35.9 Å². The second-order valence-electron chi connectivity index (χ2n) is 9.26. The van der Waals surface area contributed by atoms with Crippen LogP contribution in [0.1, 0.15) is 41.6 Å². The van der Waals surface area contributed by atoms with Gasteiger partial charge in [0.2, 0.25) is 5.91 Å². The highest BCUT2D eigenvalue weighted by molar-refractivity contribution is 5.76. The number of likely N-dealkylation sites (tertiary alicyclic amines) is 1. The average Bonchev–Trinajstić information content (AvgIpc) is 3.49. The molecule has 4 rings (SSSR count). The molecular formula is C29H34N4O. The van der Waals surface area contributed by atoms with Gasteiger partial charge in [-0.05, 0) is 81.6 Å². The number of benzene rings is 2. The molecule has 2 heterocycles. The third-order valence-corrected chi connectivity index (χ3v) is 6.65. The monoisotopic (exact) mass is 454 g/mol. The van der Waals surface area contributed by atoms with Crippen molar-refractivity contribution in [2.45, 2.75) is 46.0 Å². The molecule has 5 nitrogen and oxygen atoms in total. The van der Waals surface area contributed by atoms with Crippen LogP contribution in [0.15, 0.2) is 54.6 Å². The molecule has 0 atom stereocenters. The van der Waals surface area contributed by atoms with Crippen molar-refractivity contribution in [2.24, 2.45) is 0 Å². The summed E-state index contributed by atoms with van der Waals surface area (Å²) in [7, 11) is 0. The van der Waals surface area contributed by atoms with Crippen molar-refractivity contribution in [1.29, 1.82) is 5.26 Å². The predicted octanol–water partition coefficient (Wildman–Crippen LogP) is 4.97. The van der Waals surface area contributed by atoms with Crippen molar-refractivity contribution in [3.63, 3.8) is 0 Å². The van der Waals surface area contributed by atoms with Crippen LogP contribution in [0.25, 0.3) is 16.9 Å². The molecule has 0 aliphatic carbocycles. The molecule has 5 heteroatoms. The summed E-state index contributed by atoms with van der Waals surface area (Å²) < 4.78 is 2.26. The summed E-state index contributed by atoms with van der Waals surface area (Å²) in [6.45, 7) is 8.21. The molecule has 0 bridgehead atoms. The largest absolute Gasteiger partial charge is 0.355 e. The van der Waals surface area contributed by atoms with E-state index in [2.05, 4.69) is 77.2 Å². The number of carbonyl (C=O) groups is 1. The smallest absolute Gasteiger partial charge is 0.220 e. The van der Waals surface area contributed by atoms with Gasteiger partial charge in [-0.2, -0.15) is 5.26 Å². The Hall–Kier alpha value is -3.36. The van der Waals surface area contributed by atoms with Crippen LogP contribution < -0.4 is 5.32 Å². The van der Waals surface area contributed by atoms with E-state index in [1.807, 2.05) is 12.1 Å². The van der Waals surface area contributed by atoms with Crippen molar-refractivity contribution in [3.8, 4) is 23.0 Å². The quantitative estimate of drug-likeness (QED) is 0.496. The number of amides is 1. The molecule has 1 N–H and O–H groups in total. The van der Waals surface area contributed by atoms with E-state index < -0.39 is 0 Å². The van der Waals surface area contributed by atoms with Crippen LogP contribution in [-0.4, -0.2) is 41.6 Å². The summed E-state index contributed by atoms with van der Waals surface area (Å²) in [5.41, 5.74) is 7.94. The van der Waals surface area contributed by atoms with Gasteiger partial charge in [-0.25, -0.2) is 0 Å². The number of nitriles is 1. The lowest BCUT2D eigenvalue weighted by Crippen LogP contribution is -2.33. The van der Waals surface area contributed by atoms with Gasteiger partial charge in [0.25, 0.3) is 0 Å². The summed E-state index contributed by atoms with van der Waals surface area (Å²) in [5.74, 6) is 0.101. The number of carbonyl (C=O) groups excluding carboxylic acids is 1. The molecule has 3 aromatic rings. The fourth-order valence-corrected chi connectivity index (χ4v) is 4.83. The van der Waals surface area contributed by atoms with Crippen LogP contribution in [-0.2, 0) is 17.6 Å². The first-order valence-corrected chi connectivity index (χ1v) is 12.3. The topological polar surface area (TPSA) is 61.1 Å². The zero-order valence-electron chi connectivity index (χ0n) is 20.3. The Morgan fingerprint density at radius 2 is 1.79 bits per heavy atom. The van der Waals surface area contributed by atoms with Crippen LogP contribution in [0, 0.1) is 25.2 Å². The van der Waals surface area contributed by atoms with Crippen LogP contribution in [0.2, 0.25) is 0 Å². The number of hydrogen-bond donors (Lipinski definition) is 1. The van der Waals surface area contributed by atoms with Crippen LogP contribution in [0.4, 0.5) is 0 Å². The van der Waals surface area contributed by atoms with E-state index in [0.717, 1.165) is 42.3 Å². The van der Waals surface area contributed by atoms with Crippen molar-refractivity contribution in [1.82, 2.24) is 14.8 Å². The fourth-order valence-electron chi connectivity index (χ4n) is 4.83. The molecule has 0 unspecified atom stereocenters. The Kier molecular flexibility index (Phi) is 7.82. The first-order chi connectivity index (χ1) is 16.5. The zero-order chi connectivity index (χ0) is 23.9. The van der Waals surface area contributed by atoms with Gasteiger partial charge in [0.05, 0.1) is 18.2 Å². The lowest BCUT2D eigenvalue weighted by Gasteiger charge is -2.17. The van der Waals surface area contributed by atoms with Crippen LogP contribution in [0.5, 0.6) is 0 Å². The van der Waals surface area contributed by atoms with E-state index >= 15 is 0 Å². The fraction of sp³-hybridized carbons (Fsp3) is 0.379. The minimum absolute atomic E-state index is 0.101. The Morgan fingerprint density at radius 3 is 2.50 bits per heavy atom. The highest BCUT2D eigenvalue weighted by atomic mass is 16.1. The Balaban J connectivity index is 1.53. The minimum atomic E-state index is 0.101. The molecule has 0 spiro atoms. The average molecular weight is 455 g/mol. The van der Waals surface area contributed by atoms with Gasteiger partial charge >= 0.3 is 0 Å². The van der Waals surface area contributed by atoms with Crippen molar-refractivity contribution in [3.05, 3.63) is 77.0 Å². The molecule has 1 aliphatic heterocycles. The highest BCUT2D eigenvalue weighted by Gasteiger charge is 2.16. The SMILES string of the molecule is Cc1ccc(-c2ccc(CCC(=O)NCCN3CCCC3)n2-c2ccc(CC#N)cc2)c(C)c1. The number of rotatable bonds is 9. The maximum absolute atomic E-state index is 12.6. The number of hydrogen-bond acceptors (Lipinski definition) is 3. The van der Waals surface area contributed by atoms with Gasteiger partial charge in [0, 0.05) is 36.5 Å². The summed E-state index contributed by atoms with van der Waals surface area (Å²) in [6.07, 6.45) is 4.07. The number of nitrogens with one attached hydrogen (secondary N) is 1. The number of nitrogens with zero attached hydrogens (tertiary/aromatic N) is 3. The van der Waals surface area contributed by atoms with Crippen LogP contribution >= 0.6 is 0 Å². The molecule has 34 heavy (non-hydrogen) atoms. The maximum Gasteiger partial charge on any atom is 0.220 e. The molecule has 1 fully saturated rings. The van der Waals surface area contributed by atoms with Crippen molar-refractivity contribution in [2.75, 3.05) is 26.2 Å². The lowest BCUT2D eigenvalue weighted by molar-refractivity contribution is -0.121. The summed E-state index contributed by atoms with van der Waals surface area (Å²) in [6, 6.07) is 21.2. The van der Waals surface area contributed by atoms with Gasteiger partial charge in [0.1, 0.15) is 0 Å². The maximum atomic E-state index is 12.6. The second-order valence-corrected chi connectivity index (χ2v) is 9.26. The predicted molar refractivity (Wildman–Crippen MR) is 137 cm³/mol. The molecule has 1 aromatic heterocycles. The second kappa shape index (κ2) is 11.2. The summed E-state index contributed by atoms with van der Waals surface area (Å²) in [5, 5.41) is 12.1. The molecule has 176 valence electrons.